The van der Waals surface area contributed by atoms with E-state index in [0.29, 0.717) is 30.0 Å². The van der Waals surface area contributed by atoms with E-state index in [4.69, 9.17) is 14.6 Å². The summed E-state index contributed by atoms with van der Waals surface area (Å²) in [6.07, 6.45) is 3.04. The second kappa shape index (κ2) is 9.94. The molecule has 1 aliphatic rings. The number of nitriles is 1. The number of aromatic nitrogens is 3. The number of rotatable bonds is 4. The molecule has 0 radical (unpaired) electrons. The molecule has 2 aromatic carbocycles. The zero-order valence-electron chi connectivity index (χ0n) is 21.2. The summed E-state index contributed by atoms with van der Waals surface area (Å²) in [6, 6.07) is 21.3. The number of nitrogens with zero attached hydrogens (tertiary/aromatic N) is 5. The fraction of sp³-hybridized carbons (Fsp3) is 0.310. The van der Waals surface area contributed by atoms with Crippen LogP contribution in [0.5, 0.6) is 11.5 Å². The summed E-state index contributed by atoms with van der Waals surface area (Å²) >= 11 is 0. The SMILES string of the molecule is CC(C)(C)OC(=O)N1CCC(c2ccnc3c(C#N)n(-c4ccc(Oc5ccccc5)cc4)nc23)CC1. The van der Waals surface area contributed by atoms with E-state index in [1.807, 2.05) is 81.4 Å². The average molecular weight is 496 g/mol. The Kier molecular flexibility index (Phi) is 6.53. The van der Waals surface area contributed by atoms with Gasteiger partial charge in [0.25, 0.3) is 0 Å². The number of fused-ring (bicyclic) bond motifs is 1. The maximum Gasteiger partial charge on any atom is 0.410 e. The third-order valence-electron chi connectivity index (χ3n) is 6.34. The number of para-hydroxylation sites is 1. The van der Waals surface area contributed by atoms with Gasteiger partial charge in [0.2, 0.25) is 0 Å². The molecule has 1 amide bonds. The Labute approximate surface area is 216 Å². The van der Waals surface area contributed by atoms with Gasteiger partial charge in [-0.3, -0.25) is 4.98 Å². The number of likely N-dealkylation sites (tertiary alicyclic amines) is 1. The van der Waals surface area contributed by atoms with Gasteiger partial charge in [-0.1, -0.05) is 18.2 Å². The normalized spacial score (nSPS) is 14.4. The lowest BCUT2D eigenvalue weighted by Crippen LogP contribution is -2.41. The smallest absolute Gasteiger partial charge is 0.410 e. The molecule has 8 heteroatoms. The summed E-state index contributed by atoms with van der Waals surface area (Å²) in [5.41, 5.74) is 2.98. The van der Waals surface area contributed by atoms with Crippen molar-refractivity contribution in [3.63, 3.8) is 0 Å². The van der Waals surface area contributed by atoms with E-state index in [2.05, 4.69) is 11.1 Å². The Balaban J connectivity index is 1.38. The van der Waals surface area contributed by atoms with Crippen LogP contribution in [0.25, 0.3) is 16.7 Å². The van der Waals surface area contributed by atoms with Crippen molar-refractivity contribution in [3.8, 4) is 23.3 Å². The van der Waals surface area contributed by atoms with Crippen LogP contribution in [0.2, 0.25) is 0 Å². The average Bonchev–Trinajstić information content (AvgIpc) is 3.28. The molecule has 0 bridgehead atoms. The van der Waals surface area contributed by atoms with Crippen LogP contribution in [0.15, 0.2) is 66.9 Å². The van der Waals surface area contributed by atoms with E-state index in [1.165, 1.54) is 0 Å². The lowest BCUT2D eigenvalue weighted by molar-refractivity contribution is 0.0205. The third-order valence-corrected chi connectivity index (χ3v) is 6.34. The van der Waals surface area contributed by atoms with Crippen LogP contribution in [-0.2, 0) is 4.74 Å². The van der Waals surface area contributed by atoms with Gasteiger partial charge in [-0.2, -0.15) is 10.4 Å². The zero-order chi connectivity index (χ0) is 26.0. The maximum atomic E-state index is 12.5. The molecule has 0 saturated carbocycles. The number of carbonyl (C=O) groups excluding carboxylic acids is 1. The molecule has 1 saturated heterocycles. The van der Waals surface area contributed by atoms with Crippen molar-refractivity contribution < 1.29 is 14.3 Å². The van der Waals surface area contributed by atoms with Crippen molar-refractivity contribution in [3.05, 3.63) is 78.1 Å². The molecule has 0 spiro atoms. The minimum Gasteiger partial charge on any atom is -0.457 e. The van der Waals surface area contributed by atoms with E-state index in [0.717, 1.165) is 35.4 Å². The lowest BCUT2D eigenvalue weighted by Gasteiger charge is -2.33. The van der Waals surface area contributed by atoms with Gasteiger partial charge in [-0.05, 0) is 87.6 Å². The molecule has 0 N–H and O–H groups in total. The quantitative estimate of drug-likeness (QED) is 0.335. The highest BCUT2D eigenvalue weighted by Gasteiger charge is 2.29. The summed E-state index contributed by atoms with van der Waals surface area (Å²) in [4.78, 5) is 18.7. The Bertz CT molecular complexity index is 1440. The monoisotopic (exact) mass is 495 g/mol. The number of benzene rings is 2. The number of amides is 1. The van der Waals surface area contributed by atoms with Gasteiger partial charge in [-0.15, -0.1) is 0 Å². The van der Waals surface area contributed by atoms with Gasteiger partial charge >= 0.3 is 6.09 Å². The van der Waals surface area contributed by atoms with Crippen molar-refractivity contribution in [2.45, 2.75) is 45.1 Å². The predicted octanol–water partition coefficient (Wildman–Crippen LogP) is 6.20. The third kappa shape index (κ3) is 5.26. The van der Waals surface area contributed by atoms with Crippen LogP contribution in [0.1, 0.15) is 50.8 Å². The van der Waals surface area contributed by atoms with E-state index in [-0.39, 0.29) is 12.0 Å². The summed E-state index contributed by atoms with van der Waals surface area (Å²) in [5.74, 6) is 1.66. The summed E-state index contributed by atoms with van der Waals surface area (Å²) in [7, 11) is 0. The second-order valence-corrected chi connectivity index (χ2v) is 10.1. The number of piperidine rings is 1. The highest BCUT2D eigenvalue weighted by Crippen LogP contribution is 2.34. The van der Waals surface area contributed by atoms with Crippen LogP contribution in [0.4, 0.5) is 4.79 Å². The molecule has 5 rings (SSSR count). The van der Waals surface area contributed by atoms with Gasteiger partial charge < -0.3 is 14.4 Å². The van der Waals surface area contributed by atoms with Crippen LogP contribution in [0.3, 0.4) is 0 Å². The highest BCUT2D eigenvalue weighted by atomic mass is 16.6. The molecular formula is C29H29N5O3. The zero-order valence-corrected chi connectivity index (χ0v) is 21.2. The molecule has 8 nitrogen and oxygen atoms in total. The Morgan fingerprint density at radius 1 is 0.973 bits per heavy atom. The van der Waals surface area contributed by atoms with Crippen LogP contribution in [0, 0.1) is 11.3 Å². The van der Waals surface area contributed by atoms with E-state index >= 15 is 0 Å². The van der Waals surface area contributed by atoms with Crippen molar-refractivity contribution in [1.82, 2.24) is 19.7 Å². The number of pyridine rings is 1. The second-order valence-electron chi connectivity index (χ2n) is 10.1. The molecule has 1 aliphatic heterocycles. The first-order valence-corrected chi connectivity index (χ1v) is 12.4. The molecule has 2 aromatic heterocycles. The first kappa shape index (κ1) is 24.3. The minimum atomic E-state index is -0.516. The number of ether oxygens (including phenoxy) is 2. The first-order chi connectivity index (χ1) is 17.8. The molecule has 37 heavy (non-hydrogen) atoms. The molecule has 0 aliphatic carbocycles. The van der Waals surface area contributed by atoms with Crippen molar-refractivity contribution in [1.29, 1.82) is 5.26 Å². The fourth-order valence-corrected chi connectivity index (χ4v) is 4.59. The van der Waals surface area contributed by atoms with Crippen LogP contribution >= 0.6 is 0 Å². The van der Waals surface area contributed by atoms with Crippen molar-refractivity contribution in [2.24, 2.45) is 0 Å². The molecule has 4 aromatic rings. The summed E-state index contributed by atoms with van der Waals surface area (Å²) in [6.45, 7) is 6.84. The number of hydrogen-bond acceptors (Lipinski definition) is 6. The van der Waals surface area contributed by atoms with Gasteiger partial charge in [-0.25, -0.2) is 9.48 Å². The number of carbonyl (C=O) groups is 1. The molecule has 1 fully saturated rings. The summed E-state index contributed by atoms with van der Waals surface area (Å²) < 4.78 is 13.1. The van der Waals surface area contributed by atoms with E-state index < -0.39 is 5.60 Å². The van der Waals surface area contributed by atoms with Crippen molar-refractivity contribution >= 4 is 17.1 Å². The predicted molar refractivity (Wildman–Crippen MR) is 140 cm³/mol. The molecule has 3 heterocycles. The number of hydrogen-bond donors (Lipinski definition) is 0. The fourth-order valence-electron chi connectivity index (χ4n) is 4.59. The standard InChI is InChI=1S/C29H29N5O3/c1-29(2,3)37-28(35)33-17-14-20(15-18-33)24-13-16-31-27-25(19-30)34(32-26(24)27)21-9-11-23(12-10-21)36-22-7-5-4-6-8-22/h4-13,16,20H,14-15,17-18H2,1-3H3. The Morgan fingerprint density at radius 2 is 1.65 bits per heavy atom. The molecule has 188 valence electrons. The molecule has 0 unspecified atom stereocenters. The first-order valence-electron chi connectivity index (χ1n) is 12.4. The molecule has 0 atom stereocenters. The van der Waals surface area contributed by atoms with Gasteiger partial charge in [0, 0.05) is 19.3 Å². The maximum absolute atomic E-state index is 12.5. The summed E-state index contributed by atoms with van der Waals surface area (Å²) in [5, 5.41) is 14.8. The van der Waals surface area contributed by atoms with Crippen LogP contribution in [-0.4, -0.2) is 44.4 Å². The van der Waals surface area contributed by atoms with E-state index in [9.17, 15) is 10.1 Å². The Morgan fingerprint density at radius 3 is 2.30 bits per heavy atom. The van der Waals surface area contributed by atoms with Gasteiger partial charge in [0.15, 0.2) is 5.69 Å². The van der Waals surface area contributed by atoms with Gasteiger partial charge in [0.05, 0.1) is 5.69 Å². The minimum absolute atomic E-state index is 0.209. The topological polar surface area (TPSA) is 93.3 Å². The van der Waals surface area contributed by atoms with E-state index in [1.54, 1.807) is 15.8 Å². The Hall–Kier alpha value is -4.38. The van der Waals surface area contributed by atoms with Crippen molar-refractivity contribution in [2.75, 3.05) is 13.1 Å². The van der Waals surface area contributed by atoms with Gasteiger partial charge in [0.1, 0.15) is 34.2 Å². The molecular weight excluding hydrogens is 466 g/mol. The largest absolute Gasteiger partial charge is 0.457 e. The van der Waals surface area contributed by atoms with Crippen LogP contribution < -0.4 is 4.74 Å². The lowest BCUT2D eigenvalue weighted by atomic mass is 9.89. The highest BCUT2D eigenvalue weighted by molar-refractivity contribution is 5.84.